The lowest BCUT2D eigenvalue weighted by atomic mass is 9.51. The molecule has 2 aliphatic carbocycles. The van der Waals surface area contributed by atoms with Gasteiger partial charge in [0.25, 0.3) is 0 Å². The van der Waals surface area contributed by atoms with Crippen molar-refractivity contribution >= 4 is 47.4 Å². The number of halogens is 1. The van der Waals surface area contributed by atoms with E-state index in [4.69, 9.17) is 44.8 Å². The molecule has 2 saturated carbocycles. The Kier molecular flexibility index (Phi) is 9.37. The van der Waals surface area contributed by atoms with Crippen LogP contribution in [-0.4, -0.2) is 101 Å². The zero-order valence-electron chi connectivity index (χ0n) is 26.2. The number of carbonyl (C=O) groups is 6. The van der Waals surface area contributed by atoms with Gasteiger partial charge in [-0.05, 0) is 19.8 Å². The van der Waals surface area contributed by atoms with Crippen molar-refractivity contribution in [2.24, 2.45) is 17.3 Å². The van der Waals surface area contributed by atoms with E-state index in [0.29, 0.717) is 5.57 Å². The van der Waals surface area contributed by atoms with Gasteiger partial charge in [0.2, 0.25) is 0 Å². The molecule has 0 aromatic carbocycles. The number of fused-ring (bicyclic) bond motifs is 3. The molecule has 2 heterocycles. The van der Waals surface area contributed by atoms with E-state index in [1.807, 2.05) is 0 Å². The molecule has 2 aliphatic heterocycles. The first kappa shape index (κ1) is 34.6. The Morgan fingerprint density at radius 3 is 1.84 bits per heavy atom. The van der Waals surface area contributed by atoms with E-state index in [0.717, 1.165) is 34.6 Å². The highest BCUT2D eigenvalue weighted by Crippen LogP contribution is 2.64. The van der Waals surface area contributed by atoms with Gasteiger partial charge in [0.15, 0.2) is 30.0 Å². The maximum absolute atomic E-state index is 13.1. The largest absolute Gasteiger partial charge is 0.462 e. The van der Waals surface area contributed by atoms with E-state index in [9.17, 15) is 33.9 Å². The van der Waals surface area contributed by atoms with Crippen molar-refractivity contribution in [3.05, 3.63) is 12.2 Å². The summed E-state index contributed by atoms with van der Waals surface area (Å²) in [5.74, 6) is -7.69. The van der Waals surface area contributed by atoms with Gasteiger partial charge >= 0.3 is 35.8 Å². The Labute approximate surface area is 264 Å². The van der Waals surface area contributed by atoms with E-state index in [-0.39, 0.29) is 19.4 Å². The molecule has 45 heavy (non-hydrogen) atoms. The van der Waals surface area contributed by atoms with Crippen molar-refractivity contribution < 1.29 is 67.0 Å². The summed E-state index contributed by atoms with van der Waals surface area (Å²) in [6.07, 6.45) is -8.98. The Morgan fingerprint density at radius 2 is 1.36 bits per heavy atom. The third-order valence-corrected chi connectivity index (χ3v) is 9.97. The Balaban J connectivity index is 2.14. The summed E-state index contributed by atoms with van der Waals surface area (Å²) < 4.78 is 40.7. The molecule has 14 nitrogen and oxygen atoms in total. The first-order valence-corrected chi connectivity index (χ1v) is 15.0. The maximum Gasteiger partial charge on any atom is 0.312 e. The van der Waals surface area contributed by atoms with Gasteiger partial charge in [0, 0.05) is 40.5 Å². The molecule has 0 amide bonds. The molecular weight excluding hydrogens is 620 g/mol. The number of carbonyl (C=O) groups excluding carboxylic acids is 6. The van der Waals surface area contributed by atoms with Gasteiger partial charge in [-0.2, -0.15) is 0 Å². The van der Waals surface area contributed by atoms with E-state index in [1.54, 1.807) is 6.92 Å². The first-order chi connectivity index (χ1) is 20.8. The van der Waals surface area contributed by atoms with Gasteiger partial charge in [-0.15, -0.1) is 11.6 Å². The zero-order chi connectivity index (χ0) is 33.8. The van der Waals surface area contributed by atoms with Crippen LogP contribution in [0.4, 0.5) is 0 Å². The minimum absolute atomic E-state index is 0.00502. The lowest BCUT2D eigenvalue weighted by Crippen LogP contribution is -2.76. The minimum atomic E-state index is -2.38. The molecule has 4 aliphatic rings. The van der Waals surface area contributed by atoms with Crippen LogP contribution in [0, 0.1) is 17.3 Å². The molecule has 4 rings (SSSR count). The normalized spacial score (nSPS) is 42.3. The Hall–Kier alpha value is -3.23. The van der Waals surface area contributed by atoms with Gasteiger partial charge in [-0.25, -0.2) is 0 Å². The smallest absolute Gasteiger partial charge is 0.312 e. The van der Waals surface area contributed by atoms with Crippen LogP contribution in [0.15, 0.2) is 12.2 Å². The van der Waals surface area contributed by atoms with Crippen molar-refractivity contribution in [2.75, 3.05) is 6.61 Å². The number of ether oxygens (including phenoxy) is 7. The van der Waals surface area contributed by atoms with Crippen molar-refractivity contribution in [3.63, 3.8) is 0 Å². The summed E-state index contributed by atoms with van der Waals surface area (Å²) in [7, 11) is 0. The fourth-order valence-electron chi connectivity index (χ4n) is 7.53. The molecule has 2 saturated heterocycles. The van der Waals surface area contributed by atoms with Crippen LogP contribution in [-0.2, 0) is 61.9 Å². The molecule has 15 heteroatoms. The van der Waals surface area contributed by atoms with Gasteiger partial charge < -0.3 is 38.3 Å². The highest BCUT2D eigenvalue weighted by Gasteiger charge is 2.81. The average Bonchev–Trinajstić information content (AvgIpc) is 3.67. The summed E-state index contributed by atoms with van der Waals surface area (Å²) in [6.45, 7) is 12.3. The monoisotopic (exact) mass is 658 g/mol. The summed E-state index contributed by atoms with van der Waals surface area (Å²) in [6, 6.07) is 0. The molecule has 4 fully saturated rings. The van der Waals surface area contributed by atoms with Gasteiger partial charge in [0.05, 0.1) is 23.3 Å². The van der Waals surface area contributed by atoms with Crippen molar-refractivity contribution in [1.82, 2.24) is 0 Å². The molecule has 0 bridgehead atoms. The van der Waals surface area contributed by atoms with Gasteiger partial charge in [-0.3, -0.25) is 28.8 Å². The predicted octanol–water partition coefficient (Wildman–Crippen LogP) is 1.30. The highest BCUT2D eigenvalue weighted by molar-refractivity contribution is 6.23. The average molecular weight is 659 g/mol. The lowest BCUT2D eigenvalue weighted by Gasteiger charge is -2.59. The summed E-state index contributed by atoms with van der Waals surface area (Å²) in [5.41, 5.74) is -5.51. The quantitative estimate of drug-likeness (QED) is 0.146. The SMILES string of the molecule is C=C1CC[C@H](OC(C)=O)[C@@]2(C)[C@@H](OC(C)=O)[C@@H](OC(C)=O)[C@@H](OC(C)=O)C3(CO3)[C@@H]2[C@H](OC(C)=O)[C@]2(O)[C@@H](C)C(=O)O[C@H]2[C@H]1Cl. The zero-order valence-corrected chi connectivity index (χ0v) is 26.9. The van der Waals surface area contributed by atoms with Crippen LogP contribution >= 0.6 is 11.6 Å². The van der Waals surface area contributed by atoms with Crippen molar-refractivity contribution in [3.8, 4) is 0 Å². The van der Waals surface area contributed by atoms with Crippen LogP contribution in [0.3, 0.4) is 0 Å². The number of alkyl halides is 1. The number of epoxide rings is 1. The van der Waals surface area contributed by atoms with Crippen LogP contribution in [0.5, 0.6) is 0 Å². The number of aliphatic hydroxyl groups is 1. The molecule has 0 aromatic heterocycles. The van der Waals surface area contributed by atoms with E-state index in [2.05, 4.69) is 6.58 Å². The molecule has 250 valence electrons. The van der Waals surface area contributed by atoms with Crippen LogP contribution in [0.1, 0.15) is 61.3 Å². The molecule has 0 aromatic rings. The van der Waals surface area contributed by atoms with E-state index in [1.165, 1.54) is 6.92 Å². The molecule has 1 N–H and O–H groups in total. The standard InChI is InChI=1S/C30H39ClO14/c1-12-9-10-19(40-14(3)32)28(8)22(26(44-18(7)36)30(38)13(2)27(37)45-23(30)20(12)31)29(11-39-29)25(43-17(6)35)21(41-15(4)33)24(28)42-16(5)34/h13,19-26,38H,1,9-11H2,2-8H3/t13-,19-,20-,21+,22+,23-,24-,25+,26-,28+,29?,30-/m0/s1. The second-order valence-electron chi connectivity index (χ2n) is 12.4. The van der Waals surface area contributed by atoms with Gasteiger partial charge in [-0.1, -0.05) is 19.1 Å². The number of esters is 6. The number of hydrogen-bond acceptors (Lipinski definition) is 14. The summed E-state index contributed by atoms with van der Waals surface area (Å²) in [5, 5.41) is 11.5. The van der Waals surface area contributed by atoms with Crippen molar-refractivity contribution in [2.45, 2.75) is 115 Å². The van der Waals surface area contributed by atoms with Crippen molar-refractivity contribution in [1.29, 1.82) is 0 Å². The molecule has 1 spiro atoms. The fraction of sp³-hybridized carbons (Fsp3) is 0.733. The van der Waals surface area contributed by atoms with Crippen LogP contribution in [0.25, 0.3) is 0 Å². The first-order valence-electron chi connectivity index (χ1n) is 14.6. The lowest BCUT2D eigenvalue weighted by molar-refractivity contribution is -0.285. The third kappa shape index (κ3) is 5.80. The molecule has 1 unspecified atom stereocenters. The second-order valence-corrected chi connectivity index (χ2v) is 12.9. The third-order valence-electron chi connectivity index (χ3n) is 9.44. The number of rotatable bonds is 5. The van der Waals surface area contributed by atoms with Gasteiger partial charge in [0.1, 0.15) is 17.8 Å². The topological polar surface area (TPSA) is 191 Å². The van der Waals surface area contributed by atoms with Crippen LogP contribution < -0.4 is 0 Å². The second kappa shape index (κ2) is 12.2. The summed E-state index contributed by atoms with van der Waals surface area (Å²) >= 11 is 6.81. The number of hydrogen-bond donors (Lipinski definition) is 1. The minimum Gasteiger partial charge on any atom is -0.462 e. The van der Waals surface area contributed by atoms with E-state index < -0.39 is 106 Å². The fourth-order valence-corrected chi connectivity index (χ4v) is 7.89. The Morgan fingerprint density at radius 1 is 0.867 bits per heavy atom. The molecule has 12 atom stereocenters. The van der Waals surface area contributed by atoms with Crippen LogP contribution in [0.2, 0.25) is 0 Å². The predicted molar refractivity (Wildman–Crippen MR) is 150 cm³/mol. The van der Waals surface area contributed by atoms with E-state index >= 15 is 0 Å². The molecule has 0 radical (unpaired) electrons. The highest BCUT2D eigenvalue weighted by atomic mass is 35.5. The molecular formula is C30H39ClO14. The summed E-state index contributed by atoms with van der Waals surface area (Å²) in [4.78, 5) is 76.4. The maximum atomic E-state index is 13.1. The Bertz CT molecular complexity index is 1290.